The minimum absolute atomic E-state index is 0.000129. The number of carbonyl (C=O) groups excluding carboxylic acids is 1. The van der Waals surface area contributed by atoms with Crippen LogP contribution in [-0.4, -0.2) is 166 Å². The van der Waals surface area contributed by atoms with Crippen LogP contribution in [0.5, 0.6) is 0 Å². The summed E-state index contributed by atoms with van der Waals surface area (Å²) >= 11 is 0. The molecule has 412 valence electrons. The first-order valence-electron chi connectivity index (χ1n) is 25.0. The lowest BCUT2D eigenvalue weighted by Crippen LogP contribution is -2.23. The van der Waals surface area contributed by atoms with E-state index in [0.717, 1.165) is 41.4 Å². The predicted molar refractivity (Wildman–Crippen MR) is 283 cm³/mol. The molecule has 0 spiro atoms. The molecule has 7 N–H and O–H groups in total. The van der Waals surface area contributed by atoms with Gasteiger partial charge in [0.1, 0.15) is 18.8 Å². The molecule has 0 aromatic carbocycles. The molecular formula is C55H108O14. The van der Waals surface area contributed by atoms with E-state index in [1.165, 1.54) is 18.4 Å². The first-order valence-corrected chi connectivity index (χ1v) is 25.0. The summed E-state index contributed by atoms with van der Waals surface area (Å²) in [5.74, 6) is 3.68. The molecule has 0 radical (unpaired) electrons. The standard InChI is InChI=1S/2C10H20O2.C10H18O.C9H18O3.C8H16O4.C8H16O2/c2*1-8(2)10(4)7-12-6-9(3)5-11;1-8(2)9(3)6-11-7-10-4-5-10;1-7(2)8(3)5-12-6-9(11)4-10;1-6(2)8(11)5-12-4-7(10)3-9;1-7(2)8(3)6-10-5-4-9/h2*8-9,11H,4-7H2,1-3H3;8,10H,3-7H2,1-2H3;7,9-11H,3-6H2,1-2H3;6-7,9-10H,3-5H2,1-2H3;7,9H,3-6H2,1-2H3/t2*9-;;9-;7-;/m10.01./s1. The molecular weight excluding hydrogens is 885 g/mol. The zero-order chi connectivity index (χ0) is 54.5. The third-order valence-corrected chi connectivity index (χ3v) is 10.2. The lowest BCUT2D eigenvalue weighted by Gasteiger charge is -2.12. The van der Waals surface area contributed by atoms with Gasteiger partial charge in [-0.1, -0.05) is 130 Å². The lowest BCUT2D eigenvalue weighted by molar-refractivity contribution is -0.127. The van der Waals surface area contributed by atoms with E-state index in [2.05, 4.69) is 88.3 Å². The maximum absolute atomic E-state index is 10.9. The second-order valence-corrected chi connectivity index (χ2v) is 19.7. The molecule has 4 atom stereocenters. The zero-order valence-corrected chi connectivity index (χ0v) is 46.3. The fraction of sp³-hybridized carbons (Fsp3) is 0.800. The quantitative estimate of drug-likeness (QED) is 0.0244. The van der Waals surface area contributed by atoms with Crippen LogP contribution < -0.4 is 0 Å². The van der Waals surface area contributed by atoms with E-state index in [4.69, 9.17) is 64.2 Å². The van der Waals surface area contributed by atoms with Crippen molar-refractivity contribution in [3.63, 3.8) is 0 Å². The Morgan fingerprint density at radius 1 is 0.420 bits per heavy atom. The Bertz CT molecular complexity index is 1110. The normalized spacial score (nSPS) is 13.6. The molecule has 0 aliphatic heterocycles. The molecule has 1 aliphatic carbocycles. The molecule has 0 bridgehead atoms. The highest BCUT2D eigenvalue weighted by atomic mass is 16.5. The van der Waals surface area contributed by atoms with E-state index in [-0.39, 0.29) is 76.4 Å². The molecule has 0 saturated heterocycles. The summed E-state index contributed by atoms with van der Waals surface area (Å²) in [6.45, 7) is 53.4. The fourth-order valence-electron chi connectivity index (χ4n) is 3.52. The van der Waals surface area contributed by atoms with Gasteiger partial charge >= 0.3 is 0 Å². The van der Waals surface area contributed by atoms with Gasteiger partial charge in [-0.15, -0.1) is 0 Å². The van der Waals surface area contributed by atoms with Gasteiger partial charge in [-0.25, -0.2) is 0 Å². The van der Waals surface area contributed by atoms with Gasteiger partial charge in [-0.3, -0.25) is 4.79 Å². The number of aliphatic hydroxyl groups is 7. The van der Waals surface area contributed by atoms with Crippen molar-refractivity contribution in [1.29, 1.82) is 0 Å². The largest absolute Gasteiger partial charge is 0.396 e. The molecule has 1 saturated carbocycles. The van der Waals surface area contributed by atoms with Crippen LogP contribution in [0.2, 0.25) is 0 Å². The van der Waals surface area contributed by atoms with Crippen LogP contribution >= 0.6 is 0 Å². The van der Waals surface area contributed by atoms with Crippen molar-refractivity contribution in [2.24, 2.45) is 53.3 Å². The van der Waals surface area contributed by atoms with Gasteiger partial charge in [0.25, 0.3) is 0 Å². The number of rotatable bonds is 34. The zero-order valence-electron chi connectivity index (χ0n) is 46.3. The second-order valence-electron chi connectivity index (χ2n) is 19.7. The number of carbonyl (C=O) groups is 1. The molecule has 0 heterocycles. The highest BCUT2D eigenvalue weighted by Gasteiger charge is 2.21. The number of hydrogen-bond acceptors (Lipinski definition) is 14. The number of Topliss-reactive ketones (excluding diaryl/α,β-unsaturated/α-hetero) is 1. The summed E-state index contributed by atoms with van der Waals surface area (Å²) in [5.41, 5.74) is 5.51. The molecule has 0 unspecified atom stereocenters. The van der Waals surface area contributed by atoms with E-state index >= 15 is 0 Å². The molecule has 14 heteroatoms. The Morgan fingerprint density at radius 2 is 0.710 bits per heavy atom. The minimum atomic E-state index is -0.884. The monoisotopic (exact) mass is 993 g/mol. The van der Waals surface area contributed by atoms with Crippen molar-refractivity contribution in [2.75, 3.05) is 112 Å². The smallest absolute Gasteiger partial charge is 0.160 e. The van der Waals surface area contributed by atoms with E-state index in [1.807, 2.05) is 27.7 Å². The van der Waals surface area contributed by atoms with Crippen LogP contribution in [0.15, 0.2) is 60.8 Å². The van der Waals surface area contributed by atoms with Gasteiger partial charge in [-0.2, -0.15) is 0 Å². The van der Waals surface area contributed by atoms with Gasteiger partial charge in [-0.05, 0) is 76.2 Å². The molecule has 1 rings (SSSR count). The highest BCUT2D eigenvalue weighted by Crippen LogP contribution is 2.29. The van der Waals surface area contributed by atoms with Crippen LogP contribution in [0.25, 0.3) is 0 Å². The molecule has 0 aromatic rings. The van der Waals surface area contributed by atoms with Crippen molar-refractivity contribution in [3.05, 3.63) is 60.8 Å². The van der Waals surface area contributed by atoms with Gasteiger partial charge < -0.3 is 64.2 Å². The van der Waals surface area contributed by atoms with E-state index in [0.29, 0.717) is 75.8 Å². The Labute approximate surface area is 421 Å². The van der Waals surface area contributed by atoms with Crippen LogP contribution in [0.3, 0.4) is 0 Å². The number of ketones is 1. The van der Waals surface area contributed by atoms with E-state index in [1.54, 1.807) is 13.8 Å². The van der Waals surface area contributed by atoms with E-state index < -0.39 is 12.2 Å². The summed E-state index contributed by atoms with van der Waals surface area (Å²) in [7, 11) is 0. The Balaban J connectivity index is -0.000000238. The highest BCUT2D eigenvalue weighted by molar-refractivity contribution is 5.81. The Hall–Kier alpha value is -2.15. The topological polar surface area (TPSA) is 214 Å². The lowest BCUT2D eigenvalue weighted by atomic mass is 10.1. The minimum Gasteiger partial charge on any atom is -0.396 e. The average Bonchev–Trinajstić information content (AvgIpc) is 4.13. The van der Waals surface area contributed by atoms with E-state index in [9.17, 15) is 4.79 Å². The number of ether oxygens (including phenoxy) is 6. The molecule has 1 aliphatic rings. The Morgan fingerprint density at radius 3 is 0.971 bits per heavy atom. The first kappa shape index (κ1) is 75.8. The van der Waals surface area contributed by atoms with Crippen molar-refractivity contribution in [1.82, 2.24) is 0 Å². The Kier molecular flexibility index (Phi) is 55.8. The maximum Gasteiger partial charge on any atom is 0.160 e. The summed E-state index contributed by atoms with van der Waals surface area (Å²) in [4.78, 5) is 10.9. The van der Waals surface area contributed by atoms with Gasteiger partial charge in [0.2, 0.25) is 0 Å². The summed E-state index contributed by atoms with van der Waals surface area (Å²) in [6.07, 6.45) is 1.08. The van der Waals surface area contributed by atoms with Crippen molar-refractivity contribution >= 4 is 5.78 Å². The SMILES string of the molecule is C=C(COCC1CC1)C(C)C.C=C(COCCO)C(C)C.C=C(COC[C@@H](C)CO)C(C)C.C=C(COC[C@@H](O)CO)C(C)C.C=C(COC[C@H](C)CO)C(C)C.CC(C)C(=O)COC[C@H](O)CO. The van der Waals surface area contributed by atoms with Crippen LogP contribution in [-0.2, 0) is 33.2 Å². The van der Waals surface area contributed by atoms with Crippen molar-refractivity contribution in [3.8, 4) is 0 Å². The van der Waals surface area contributed by atoms with Gasteiger partial charge in [0.15, 0.2) is 5.78 Å². The molecule has 1 fully saturated rings. The van der Waals surface area contributed by atoms with Crippen LogP contribution in [0.4, 0.5) is 0 Å². The van der Waals surface area contributed by atoms with Crippen LogP contribution in [0.1, 0.15) is 110 Å². The van der Waals surface area contributed by atoms with Crippen molar-refractivity contribution < 1.29 is 69.0 Å². The van der Waals surface area contributed by atoms with Crippen molar-refractivity contribution in [2.45, 2.75) is 122 Å². The maximum atomic E-state index is 10.9. The molecule has 0 amide bonds. The summed E-state index contributed by atoms with van der Waals surface area (Å²) in [6, 6.07) is 0. The third-order valence-electron chi connectivity index (χ3n) is 10.2. The second kappa shape index (κ2) is 50.8. The number of hydrogen-bond donors (Lipinski definition) is 7. The number of aliphatic hydroxyl groups excluding tert-OH is 7. The van der Waals surface area contributed by atoms with Gasteiger partial charge in [0.05, 0.1) is 85.9 Å². The average molecular weight is 993 g/mol. The third kappa shape index (κ3) is 58.3. The molecule has 14 nitrogen and oxygen atoms in total. The van der Waals surface area contributed by atoms with Crippen LogP contribution in [0, 0.1) is 53.3 Å². The predicted octanol–water partition coefficient (Wildman–Crippen LogP) is 7.67. The summed E-state index contributed by atoms with van der Waals surface area (Å²) in [5, 5.41) is 60.4. The molecule has 0 aromatic heterocycles. The van der Waals surface area contributed by atoms with Gasteiger partial charge in [0, 0.05) is 37.6 Å². The molecule has 69 heavy (non-hydrogen) atoms. The fourth-order valence-corrected chi connectivity index (χ4v) is 3.52. The first-order chi connectivity index (χ1) is 32.2. The summed E-state index contributed by atoms with van der Waals surface area (Å²) < 4.78 is 31.2.